The molecule has 0 spiro atoms. The zero-order valence-corrected chi connectivity index (χ0v) is 18.4. The molecule has 166 valence electrons. The van der Waals surface area contributed by atoms with Crippen LogP contribution in [0.4, 0.5) is 5.69 Å². The van der Waals surface area contributed by atoms with E-state index in [0.717, 1.165) is 48.5 Å². The number of carbonyl (C=O) groups excluding carboxylic acids is 2. The summed E-state index contributed by atoms with van der Waals surface area (Å²) in [7, 11) is 0. The van der Waals surface area contributed by atoms with E-state index in [9.17, 15) is 9.59 Å². The van der Waals surface area contributed by atoms with Crippen LogP contribution in [0.15, 0.2) is 78.9 Å². The molecule has 6 heteroatoms. The van der Waals surface area contributed by atoms with Gasteiger partial charge in [-0.05, 0) is 61.4 Å². The van der Waals surface area contributed by atoms with Crippen LogP contribution in [0.3, 0.4) is 0 Å². The van der Waals surface area contributed by atoms with E-state index in [1.54, 1.807) is 24.3 Å². The summed E-state index contributed by atoms with van der Waals surface area (Å²) in [6.45, 7) is 1.65. The van der Waals surface area contributed by atoms with Gasteiger partial charge in [0.25, 0.3) is 5.91 Å². The predicted octanol–water partition coefficient (Wildman–Crippen LogP) is 4.83. The van der Waals surface area contributed by atoms with Gasteiger partial charge in [0.05, 0.1) is 11.0 Å². The zero-order valence-electron chi connectivity index (χ0n) is 18.4. The molecule has 1 saturated heterocycles. The van der Waals surface area contributed by atoms with Gasteiger partial charge in [-0.25, -0.2) is 4.98 Å². The van der Waals surface area contributed by atoms with Crippen LogP contribution >= 0.6 is 0 Å². The third-order valence-corrected chi connectivity index (χ3v) is 6.03. The largest absolute Gasteiger partial charge is 0.339 e. The van der Waals surface area contributed by atoms with Crippen molar-refractivity contribution in [3.8, 4) is 5.69 Å². The Hall–Kier alpha value is -3.93. The van der Waals surface area contributed by atoms with Crippen molar-refractivity contribution in [1.29, 1.82) is 0 Å². The summed E-state index contributed by atoms with van der Waals surface area (Å²) in [5, 5.41) is 2.94. The standard InChI is InChI=1S/C27H26N4O2/c32-26(28-21-14-12-20(13-15-21)27(33)30-18-6-7-19-30)17-16-25-29-23-10-4-5-11-24(23)31(25)22-8-2-1-3-9-22/h1-5,8-15H,6-7,16-19H2,(H,28,32). The van der Waals surface area contributed by atoms with Gasteiger partial charge in [-0.2, -0.15) is 0 Å². The Morgan fingerprint density at radius 2 is 1.55 bits per heavy atom. The first-order chi connectivity index (χ1) is 16.2. The molecular formula is C27H26N4O2. The molecule has 0 aliphatic carbocycles. The van der Waals surface area contributed by atoms with Crippen molar-refractivity contribution in [3.63, 3.8) is 0 Å². The normalized spacial score (nSPS) is 13.4. The number of carbonyl (C=O) groups is 2. The highest BCUT2D eigenvalue weighted by Crippen LogP contribution is 2.22. The molecule has 2 heterocycles. The molecule has 0 saturated carbocycles. The van der Waals surface area contributed by atoms with Crippen LogP contribution in [0.2, 0.25) is 0 Å². The molecule has 5 rings (SSSR count). The van der Waals surface area contributed by atoms with Gasteiger partial charge in [0.2, 0.25) is 5.91 Å². The first kappa shape index (κ1) is 20.9. The molecule has 0 unspecified atom stereocenters. The van der Waals surface area contributed by atoms with Gasteiger partial charge in [-0.1, -0.05) is 30.3 Å². The lowest BCUT2D eigenvalue weighted by molar-refractivity contribution is -0.116. The molecule has 1 fully saturated rings. The van der Waals surface area contributed by atoms with Crippen molar-refractivity contribution >= 4 is 28.5 Å². The lowest BCUT2D eigenvalue weighted by atomic mass is 10.1. The molecule has 4 aromatic rings. The quantitative estimate of drug-likeness (QED) is 0.469. The van der Waals surface area contributed by atoms with E-state index in [4.69, 9.17) is 4.98 Å². The van der Waals surface area contributed by atoms with Crippen LogP contribution in [0.5, 0.6) is 0 Å². The summed E-state index contributed by atoms with van der Waals surface area (Å²) in [4.78, 5) is 31.8. The topological polar surface area (TPSA) is 67.2 Å². The number of aryl methyl sites for hydroxylation is 1. The Morgan fingerprint density at radius 1 is 0.848 bits per heavy atom. The number of fused-ring (bicyclic) bond motifs is 1. The van der Waals surface area contributed by atoms with Crippen LogP contribution in [0.25, 0.3) is 16.7 Å². The van der Waals surface area contributed by atoms with Crippen molar-refractivity contribution in [2.24, 2.45) is 0 Å². The van der Waals surface area contributed by atoms with Gasteiger partial charge in [0.15, 0.2) is 0 Å². The van der Waals surface area contributed by atoms with E-state index in [1.165, 1.54) is 0 Å². The van der Waals surface area contributed by atoms with Crippen molar-refractivity contribution in [2.75, 3.05) is 18.4 Å². The zero-order chi connectivity index (χ0) is 22.6. The molecule has 1 aliphatic heterocycles. The molecule has 0 bridgehead atoms. The number of imidazole rings is 1. The number of benzene rings is 3. The first-order valence-corrected chi connectivity index (χ1v) is 11.4. The maximum atomic E-state index is 12.7. The van der Waals surface area contributed by atoms with Gasteiger partial charge >= 0.3 is 0 Å². The van der Waals surface area contributed by atoms with Crippen LogP contribution < -0.4 is 5.32 Å². The maximum absolute atomic E-state index is 12.7. The van der Waals surface area contributed by atoms with Crippen LogP contribution in [-0.4, -0.2) is 39.4 Å². The molecule has 1 aliphatic rings. The number of amides is 2. The fourth-order valence-corrected chi connectivity index (χ4v) is 4.36. The minimum atomic E-state index is -0.0831. The molecule has 0 radical (unpaired) electrons. The van der Waals surface area contributed by atoms with Crippen LogP contribution in [-0.2, 0) is 11.2 Å². The number of hydrogen-bond donors (Lipinski definition) is 1. The Labute approximate surface area is 192 Å². The Kier molecular flexibility index (Phi) is 5.89. The summed E-state index contributed by atoms with van der Waals surface area (Å²) in [5.74, 6) is 0.828. The summed E-state index contributed by atoms with van der Waals surface area (Å²) in [6.07, 6.45) is 2.96. The number of hydrogen-bond acceptors (Lipinski definition) is 3. The highest BCUT2D eigenvalue weighted by molar-refractivity contribution is 5.96. The summed E-state index contributed by atoms with van der Waals surface area (Å²) in [5.41, 5.74) is 4.31. The molecule has 0 atom stereocenters. The lowest BCUT2D eigenvalue weighted by Gasteiger charge is -2.15. The number of rotatable bonds is 6. The first-order valence-electron chi connectivity index (χ1n) is 11.4. The Bertz CT molecular complexity index is 1270. The summed E-state index contributed by atoms with van der Waals surface area (Å²) in [6, 6.07) is 25.2. The monoisotopic (exact) mass is 438 g/mol. The average Bonchev–Trinajstić information content (AvgIpc) is 3.51. The van der Waals surface area contributed by atoms with Crippen molar-refractivity contribution in [2.45, 2.75) is 25.7 Å². The van der Waals surface area contributed by atoms with Gasteiger partial charge in [0.1, 0.15) is 5.82 Å². The molecule has 1 N–H and O–H groups in total. The molecule has 2 amide bonds. The predicted molar refractivity (Wildman–Crippen MR) is 130 cm³/mol. The van der Waals surface area contributed by atoms with Gasteiger partial charge in [-0.15, -0.1) is 0 Å². The average molecular weight is 439 g/mol. The second-order valence-corrected chi connectivity index (χ2v) is 8.31. The maximum Gasteiger partial charge on any atom is 0.253 e. The number of nitrogens with zero attached hydrogens (tertiary/aromatic N) is 3. The summed E-state index contributed by atoms with van der Waals surface area (Å²) >= 11 is 0. The smallest absolute Gasteiger partial charge is 0.253 e. The lowest BCUT2D eigenvalue weighted by Crippen LogP contribution is -2.27. The second kappa shape index (κ2) is 9.28. The fourth-order valence-electron chi connectivity index (χ4n) is 4.36. The SMILES string of the molecule is O=C(CCc1nc2ccccc2n1-c1ccccc1)Nc1ccc(C(=O)N2CCCC2)cc1. The molecule has 6 nitrogen and oxygen atoms in total. The minimum Gasteiger partial charge on any atom is -0.339 e. The number of aromatic nitrogens is 2. The molecule has 3 aromatic carbocycles. The number of anilines is 1. The van der Waals surface area contributed by atoms with Crippen molar-refractivity contribution < 1.29 is 9.59 Å². The minimum absolute atomic E-state index is 0.0604. The van der Waals surface area contributed by atoms with Crippen molar-refractivity contribution in [1.82, 2.24) is 14.5 Å². The number of para-hydroxylation sites is 3. The van der Waals surface area contributed by atoms with E-state index in [0.29, 0.717) is 24.1 Å². The van der Waals surface area contributed by atoms with E-state index in [2.05, 4.69) is 9.88 Å². The molecule has 1 aromatic heterocycles. The van der Waals surface area contributed by atoms with Gasteiger partial charge in [0, 0.05) is 42.9 Å². The Morgan fingerprint density at radius 3 is 2.30 bits per heavy atom. The second-order valence-electron chi connectivity index (χ2n) is 8.31. The van der Waals surface area contributed by atoms with Crippen LogP contribution in [0, 0.1) is 0 Å². The van der Waals surface area contributed by atoms with E-state index in [1.807, 2.05) is 59.5 Å². The van der Waals surface area contributed by atoms with E-state index < -0.39 is 0 Å². The van der Waals surface area contributed by atoms with E-state index >= 15 is 0 Å². The third-order valence-electron chi connectivity index (χ3n) is 6.03. The Balaban J connectivity index is 1.26. The highest BCUT2D eigenvalue weighted by Gasteiger charge is 2.19. The van der Waals surface area contributed by atoms with E-state index in [-0.39, 0.29) is 11.8 Å². The van der Waals surface area contributed by atoms with Crippen molar-refractivity contribution in [3.05, 3.63) is 90.3 Å². The number of nitrogens with one attached hydrogen (secondary N) is 1. The summed E-state index contributed by atoms with van der Waals surface area (Å²) < 4.78 is 2.11. The van der Waals surface area contributed by atoms with Gasteiger partial charge < -0.3 is 10.2 Å². The highest BCUT2D eigenvalue weighted by atomic mass is 16.2. The number of likely N-dealkylation sites (tertiary alicyclic amines) is 1. The van der Waals surface area contributed by atoms with Crippen LogP contribution in [0.1, 0.15) is 35.4 Å². The fraction of sp³-hybridized carbons (Fsp3) is 0.222. The molecule has 33 heavy (non-hydrogen) atoms. The third kappa shape index (κ3) is 4.51. The molecular weight excluding hydrogens is 412 g/mol. The van der Waals surface area contributed by atoms with Gasteiger partial charge in [-0.3, -0.25) is 14.2 Å².